The standard InChI is InChI=1S/C43H36N4O6S/c1-27(2)51-44-28(3)31-6-16-36(17-7-31)47-37-18-8-33(9-19-37)41(46-52-30(5)48)26-42(49)53-45-29(4)32-12-22-39(23-13-32)54-40-24-14-35(15-25-40)43(50)34-10-20-38(47)21-11-34/h6-26,46H,1H2,2-5H3. The molecule has 0 fully saturated rings. The lowest BCUT2D eigenvalue weighted by Gasteiger charge is -2.12. The van der Waals surface area contributed by atoms with Crippen LogP contribution in [0.2, 0.25) is 0 Å². The Balaban J connectivity index is 1.62. The van der Waals surface area contributed by atoms with Crippen LogP contribution in [0.15, 0.2) is 159 Å². The molecule has 10 aromatic rings. The summed E-state index contributed by atoms with van der Waals surface area (Å²) in [4.78, 5) is 48.6. The fourth-order valence-electron chi connectivity index (χ4n) is 5.40. The van der Waals surface area contributed by atoms with Gasteiger partial charge in [-0.05, 0) is 117 Å². The summed E-state index contributed by atoms with van der Waals surface area (Å²) in [5.74, 6) is -0.119. The number of oxime groups is 1. The minimum absolute atomic E-state index is 0.0916. The van der Waals surface area contributed by atoms with Gasteiger partial charge in [0, 0.05) is 49.2 Å². The van der Waals surface area contributed by atoms with Crippen LogP contribution in [0.25, 0.3) is 47.7 Å². The third-order valence-electron chi connectivity index (χ3n) is 8.17. The molecule has 0 atom stereocenters. The molecule has 8 bridgehead atoms. The highest BCUT2D eigenvalue weighted by molar-refractivity contribution is 7.22. The zero-order valence-corrected chi connectivity index (χ0v) is 30.8. The number of fused-ring (bicyclic) bond motifs is 4. The van der Waals surface area contributed by atoms with Gasteiger partial charge in [-0.3, -0.25) is 9.59 Å². The Hall–Kier alpha value is -6.85. The molecule has 5 aromatic heterocycles. The smallest absolute Gasteiger partial charge is 0.360 e. The molecule has 0 aliphatic heterocycles. The van der Waals surface area contributed by atoms with Crippen LogP contribution in [-0.4, -0.2) is 21.4 Å². The van der Waals surface area contributed by atoms with Crippen molar-refractivity contribution >= 4 is 70.7 Å². The molecule has 270 valence electrons. The van der Waals surface area contributed by atoms with Gasteiger partial charge in [0.15, 0.2) is 5.43 Å². The highest BCUT2D eigenvalue weighted by Crippen LogP contribution is 2.22. The number of benzene rings is 5. The molecule has 0 radical (unpaired) electrons. The van der Waals surface area contributed by atoms with E-state index in [1.807, 2.05) is 121 Å². The van der Waals surface area contributed by atoms with Gasteiger partial charge in [0.05, 0.1) is 23.2 Å². The fraction of sp³-hybridized carbons (Fsp3) is 0.0930. The Kier molecular flexibility index (Phi) is 11.4. The number of allylic oxidation sites excluding steroid dienone is 1. The summed E-state index contributed by atoms with van der Waals surface area (Å²) in [5, 5.41) is 10.6. The monoisotopic (exact) mass is 736 g/mol. The molecule has 5 aromatic carbocycles. The normalized spacial score (nSPS) is 11.0. The Morgan fingerprint density at radius 3 is 1.80 bits per heavy atom. The second kappa shape index (κ2) is 16.7. The second-order valence-corrected chi connectivity index (χ2v) is 13.4. The molecule has 0 saturated heterocycles. The third-order valence-corrected chi connectivity index (χ3v) is 9.19. The molecular weight excluding hydrogens is 701 g/mol. The van der Waals surface area contributed by atoms with Crippen molar-refractivity contribution in [2.75, 3.05) is 5.48 Å². The van der Waals surface area contributed by atoms with Crippen molar-refractivity contribution in [3.63, 3.8) is 0 Å². The Bertz CT molecular complexity index is 2700. The van der Waals surface area contributed by atoms with Crippen molar-refractivity contribution in [2.24, 2.45) is 5.16 Å². The van der Waals surface area contributed by atoms with Gasteiger partial charge in [-0.25, -0.2) is 10.3 Å². The van der Waals surface area contributed by atoms with Crippen molar-refractivity contribution < 1.29 is 19.0 Å². The molecule has 54 heavy (non-hydrogen) atoms. The van der Waals surface area contributed by atoms with Gasteiger partial charge in [-0.1, -0.05) is 53.3 Å². The summed E-state index contributed by atoms with van der Waals surface area (Å²) in [6, 6.07) is 38.8. The molecule has 1 N–H and O–H groups in total. The molecular formula is C43H36N4O6S. The number of rotatable bonds is 6. The maximum atomic E-state index is 13.6. The maximum Gasteiger partial charge on any atom is 0.360 e. The molecule has 11 heteroatoms. The van der Waals surface area contributed by atoms with Crippen LogP contribution < -0.4 is 16.5 Å². The van der Waals surface area contributed by atoms with Crippen LogP contribution in [0.4, 0.5) is 5.69 Å². The van der Waals surface area contributed by atoms with Gasteiger partial charge in [-0.2, -0.15) is 0 Å². The lowest BCUT2D eigenvalue weighted by atomic mass is 10.1. The third kappa shape index (κ3) is 9.14. The molecule has 5 heterocycles. The number of nitrogens with one attached hydrogen (secondary N) is 1. The van der Waals surface area contributed by atoms with E-state index in [1.54, 1.807) is 37.3 Å². The number of hydrogen-bond donors (Lipinski definition) is 1. The van der Waals surface area contributed by atoms with E-state index in [-0.39, 0.29) is 11.1 Å². The molecule has 0 saturated carbocycles. The molecule has 0 aliphatic carbocycles. The first-order valence-corrected chi connectivity index (χ1v) is 17.7. The van der Waals surface area contributed by atoms with Crippen molar-refractivity contribution in [1.29, 1.82) is 0 Å². The number of carbonyl (C=O) groups is 1. The summed E-state index contributed by atoms with van der Waals surface area (Å²) < 4.78 is 9.21. The van der Waals surface area contributed by atoms with Gasteiger partial charge < -0.3 is 18.8 Å². The molecule has 0 spiro atoms. The van der Waals surface area contributed by atoms with Crippen molar-refractivity contribution in [3.05, 3.63) is 172 Å². The lowest BCUT2D eigenvalue weighted by molar-refractivity contribution is -0.138. The summed E-state index contributed by atoms with van der Waals surface area (Å²) in [6.07, 6.45) is 0. The Morgan fingerprint density at radius 1 is 0.741 bits per heavy atom. The summed E-state index contributed by atoms with van der Waals surface area (Å²) in [7, 11) is 0. The summed E-state index contributed by atoms with van der Waals surface area (Å²) >= 11 is 1.56. The zero-order valence-electron chi connectivity index (χ0n) is 30.0. The average molecular weight is 737 g/mol. The van der Waals surface area contributed by atoms with E-state index in [2.05, 4.69) is 22.4 Å². The number of aryl methyl sites for hydroxylation is 1. The van der Waals surface area contributed by atoms with Crippen LogP contribution in [0.5, 0.6) is 0 Å². The first kappa shape index (κ1) is 36.9. The first-order valence-electron chi connectivity index (χ1n) is 16.9. The second-order valence-electron chi connectivity index (χ2n) is 12.3. The average Bonchev–Trinajstić information content (AvgIpc) is 3.18. The maximum absolute atomic E-state index is 13.6. The van der Waals surface area contributed by atoms with Gasteiger partial charge in [0.25, 0.3) is 0 Å². The van der Waals surface area contributed by atoms with Crippen molar-refractivity contribution in [1.82, 2.24) is 9.72 Å². The Morgan fingerprint density at radius 2 is 1.26 bits per heavy atom. The van der Waals surface area contributed by atoms with Gasteiger partial charge >= 0.3 is 11.6 Å². The van der Waals surface area contributed by atoms with Gasteiger partial charge in [0.2, 0.25) is 0 Å². The van der Waals surface area contributed by atoms with E-state index in [4.69, 9.17) is 14.2 Å². The van der Waals surface area contributed by atoms with E-state index in [1.165, 1.54) is 6.92 Å². The van der Waals surface area contributed by atoms with Crippen LogP contribution in [0.3, 0.4) is 0 Å². The largest absolute Gasteiger partial charge is 0.362 e. The highest BCUT2D eigenvalue weighted by Gasteiger charge is 2.06. The number of aromatic nitrogens is 2. The van der Waals surface area contributed by atoms with Crippen LogP contribution in [0.1, 0.15) is 32.0 Å². The predicted octanol–water partition coefficient (Wildman–Crippen LogP) is 9.71. The van der Waals surface area contributed by atoms with E-state index in [0.29, 0.717) is 33.3 Å². The summed E-state index contributed by atoms with van der Waals surface area (Å²) in [5.41, 5.74) is 6.28. The van der Waals surface area contributed by atoms with E-state index >= 15 is 0 Å². The lowest BCUT2D eigenvalue weighted by Crippen LogP contribution is -2.08. The van der Waals surface area contributed by atoms with Gasteiger partial charge in [0.1, 0.15) is 5.76 Å². The minimum Gasteiger partial charge on any atom is -0.362 e. The number of hydrogen-bond acceptors (Lipinski definition) is 10. The predicted molar refractivity (Wildman–Crippen MR) is 217 cm³/mol. The molecule has 0 unspecified atom stereocenters. The number of carbonyl (C=O) groups excluding carboxylic acids is 1. The number of nitrogens with zero attached hydrogens (tertiary/aromatic N) is 3. The van der Waals surface area contributed by atoms with Crippen molar-refractivity contribution in [3.8, 4) is 5.69 Å². The van der Waals surface area contributed by atoms with Crippen LogP contribution >= 0.6 is 11.3 Å². The Labute approximate surface area is 314 Å². The van der Waals surface area contributed by atoms with Crippen LogP contribution in [-0.2, 0) is 14.5 Å². The van der Waals surface area contributed by atoms with Crippen LogP contribution in [0, 0.1) is 6.92 Å². The quantitative estimate of drug-likeness (QED) is 0.102. The summed E-state index contributed by atoms with van der Waals surface area (Å²) in [6.45, 7) is 10.3. The highest BCUT2D eigenvalue weighted by atomic mass is 32.1. The molecule has 0 aliphatic rings. The van der Waals surface area contributed by atoms with E-state index in [9.17, 15) is 14.4 Å². The molecule has 0 amide bonds. The minimum atomic E-state index is -0.780. The first-order chi connectivity index (χ1) is 26.0. The van der Waals surface area contributed by atoms with Gasteiger partial charge in [-0.15, -0.1) is 11.3 Å². The fourth-order valence-corrected chi connectivity index (χ4v) is 6.22. The zero-order chi connectivity index (χ0) is 38.2. The van der Waals surface area contributed by atoms with E-state index in [0.717, 1.165) is 43.1 Å². The topological polar surface area (TPSA) is 125 Å². The van der Waals surface area contributed by atoms with E-state index < -0.39 is 11.6 Å². The molecule has 10 rings (SSSR count). The number of anilines is 1. The molecule has 10 nitrogen and oxygen atoms in total. The van der Waals surface area contributed by atoms with Crippen molar-refractivity contribution in [2.45, 2.75) is 27.7 Å². The SMILES string of the molecule is C=C(C)ON=C(C)c1ccc(-n2c3ccc(cc3)c(NOC(C)=O)cc(=O)onc(C)c3ccc(cc3)sc3ccc(cc3)c(=O)c3ccc2cc3)cc1.